The van der Waals surface area contributed by atoms with Crippen LogP contribution in [0.2, 0.25) is 0 Å². The third kappa shape index (κ3) is 3.28. The van der Waals surface area contributed by atoms with Crippen LogP contribution in [0.4, 0.5) is 4.39 Å². The summed E-state index contributed by atoms with van der Waals surface area (Å²) < 4.78 is 20.1. The summed E-state index contributed by atoms with van der Waals surface area (Å²) >= 11 is 0. The van der Waals surface area contributed by atoms with Gasteiger partial charge in [0, 0.05) is 17.2 Å². The zero-order valence-electron chi connectivity index (χ0n) is 14.5. The Morgan fingerprint density at radius 1 is 1.19 bits per heavy atom. The van der Waals surface area contributed by atoms with E-state index in [9.17, 15) is 4.39 Å². The van der Waals surface area contributed by atoms with E-state index in [1.165, 1.54) is 13.2 Å². The molecule has 0 atom stereocenters. The molecule has 0 unspecified atom stereocenters. The summed E-state index contributed by atoms with van der Waals surface area (Å²) in [5, 5.41) is 16.8. The minimum Gasteiger partial charge on any atom is -0.496 e. The third-order valence-electron chi connectivity index (χ3n) is 4.08. The summed E-state index contributed by atoms with van der Waals surface area (Å²) in [6.45, 7) is 0. The topological polar surface area (TPSA) is 122 Å². The lowest BCUT2D eigenvalue weighted by atomic mass is 10.0. The Balaban J connectivity index is 2.31. The second-order valence-electron chi connectivity index (χ2n) is 5.74. The lowest BCUT2D eigenvalue weighted by Gasteiger charge is -2.12. The number of nitrogens with two attached hydrogens (primary N) is 2. The standard InChI is InChI=1S/C20H16FN5O/c1-27-17-9-15(11-5-3-2-4-6-11)26-16-8-12(7-14(21)18(16)17)19(23)13(10-22)20(24)25/h2-9H,23H2,1H3,(H3,24,25)/b19-13-. The smallest absolute Gasteiger partial charge is 0.137 e. The van der Waals surface area contributed by atoms with Crippen LogP contribution >= 0.6 is 0 Å². The van der Waals surface area contributed by atoms with Gasteiger partial charge in [0.1, 0.15) is 29.0 Å². The maximum atomic E-state index is 14.8. The molecule has 0 radical (unpaired) electrons. The fraction of sp³-hybridized carbons (Fsp3) is 0.0500. The highest BCUT2D eigenvalue weighted by Gasteiger charge is 2.16. The van der Waals surface area contributed by atoms with E-state index in [2.05, 4.69) is 4.98 Å². The quantitative estimate of drug-likeness (QED) is 0.374. The van der Waals surface area contributed by atoms with Crippen molar-refractivity contribution in [3.63, 3.8) is 0 Å². The molecule has 5 N–H and O–H groups in total. The Labute approximate surface area is 155 Å². The van der Waals surface area contributed by atoms with Crippen molar-refractivity contribution in [2.24, 2.45) is 11.5 Å². The van der Waals surface area contributed by atoms with Gasteiger partial charge in [0.25, 0.3) is 0 Å². The van der Waals surface area contributed by atoms with Crippen molar-refractivity contribution < 1.29 is 9.13 Å². The zero-order valence-corrected chi connectivity index (χ0v) is 14.5. The number of methoxy groups -OCH3 is 1. The van der Waals surface area contributed by atoms with Crippen LogP contribution in [0, 0.1) is 22.6 Å². The van der Waals surface area contributed by atoms with Crippen LogP contribution in [0.25, 0.3) is 27.9 Å². The first-order valence-corrected chi connectivity index (χ1v) is 7.94. The molecule has 7 heteroatoms. The fourth-order valence-electron chi connectivity index (χ4n) is 2.77. The maximum absolute atomic E-state index is 14.8. The molecule has 1 aromatic heterocycles. The number of ether oxygens (including phenoxy) is 1. The van der Waals surface area contributed by atoms with Gasteiger partial charge in [-0.05, 0) is 12.1 Å². The summed E-state index contributed by atoms with van der Waals surface area (Å²) in [4.78, 5) is 4.52. The highest BCUT2D eigenvalue weighted by molar-refractivity contribution is 6.05. The predicted molar refractivity (Wildman–Crippen MR) is 102 cm³/mol. The largest absolute Gasteiger partial charge is 0.496 e. The molecule has 6 nitrogen and oxygen atoms in total. The number of fused-ring (bicyclic) bond motifs is 1. The molecular weight excluding hydrogens is 345 g/mol. The van der Waals surface area contributed by atoms with Crippen molar-refractivity contribution in [3.05, 3.63) is 65.5 Å². The van der Waals surface area contributed by atoms with Gasteiger partial charge in [-0.25, -0.2) is 9.37 Å². The summed E-state index contributed by atoms with van der Waals surface area (Å²) in [6.07, 6.45) is 0. The Hall–Kier alpha value is -3.92. The lowest BCUT2D eigenvalue weighted by molar-refractivity contribution is 0.418. The van der Waals surface area contributed by atoms with Crippen LogP contribution < -0.4 is 16.2 Å². The van der Waals surface area contributed by atoms with E-state index in [1.807, 2.05) is 30.3 Å². The Morgan fingerprint density at radius 3 is 2.48 bits per heavy atom. The van der Waals surface area contributed by atoms with E-state index in [-0.39, 0.29) is 22.2 Å². The molecule has 3 rings (SSSR count). The van der Waals surface area contributed by atoms with Crippen molar-refractivity contribution >= 4 is 22.4 Å². The van der Waals surface area contributed by atoms with E-state index < -0.39 is 11.7 Å². The van der Waals surface area contributed by atoms with Gasteiger partial charge in [-0.2, -0.15) is 5.26 Å². The van der Waals surface area contributed by atoms with Crippen LogP contribution in [-0.2, 0) is 0 Å². The Kier molecular flexibility index (Phi) is 4.73. The van der Waals surface area contributed by atoms with Crippen LogP contribution in [0.1, 0.15) is 5.56 Å². The molecule has 0 saturated heterocycles. The number of hydrogen-bond acceptors (Lipinski definition) is 5. The molecule has 134 valence electrons. The van der Waals surface area contributed by atoms with E-state index in [0.717, 1.165) is 5.56 Å². The molecule has 1 heterocycles. The summed E-state index contributed by atoms with van der Waals surface area (Å²) in [6, 6.07) is 15.5. The van der Waals surface area contributed by atoms with Gasteiger partial charge in [0.2, 0.25) is 0 Å². The number of aromatic nitrogens is 1. The van der Waals surface area contributed by atoms with Gasteiger partial charge in [0.05, 0.1) is 29.4 Å². The Morgan fingerprint density at radius 2 is 1.89 bits per heavy atom. The molecule has 27 heavy (non-hydrogen) atoms. The van der Waals surface area contributed by atoms with E-state index in [0.29, 0.717) is 17.0 Å². The molecule has 0 aliphatic heterocycles. The molecule has 2 aromatic carbocycles. The summed E-state index contributed by atoms with van der Waals surface area (Å²) in [7, 11) is 1.45. The van der Waals surface area contributed by atoms with Crippen molar-refractivity contribution in [2.75, 3.05) is 7.11 Å². The van der Waals surface area contributed by atoms with Crippen molar-refractivity contribution in [1.82, 2.24) is 4.98 Å². The highest BCUT2D eigenvalue weighted by atomic mass is 19.1. The van der Waals surface area contributed by atoms with E-state index in [1.54, 1.807) is 18.2 Å². The number of nitrogens with zero attached hydrogens (tertiary/aromatic N) is 2. The number of halogens is 1. The average Bonchev–Trinajstić information content (AvgIpc) is 2.67. The third-order valence-corrected chi connectivity index (χ3v) is 4.08. The average molecular weight is 361 g/mol. The summed E-state index contributed by atoms with van der Waals surface area (Å²) in [5.41, 5.74) is 13.0. The Bertz CT molecular complexity index is 1120. The zero-order chi connectivity index (χ0) is 19.6. The maximum Gasteiger partial charge on any atom is 0.137 e. The number of rotatable bonds is 4. The molecule has 0 aliphatic carbocycles. The van der Waals surface area contributed by atoms with E-state index in [4.69, 9.17) is 26.9 Å². The molecule has 0 spiro atoms. The molecule has 0 bridgehead atoms. The molecule has 3 aromatic rings. The summed E-state index contributed by atoms with van der Waals surface area (Å²) in [5.74, 6) is -0.758. The van der Waals surface area contributed by atoms with Crippen molar-refractivity contribution in [1.29, 1.82) is 10.7 Å². The molecule has 0 amide bonds. The highest BCUT2D eigenvalue weighted by Crippen LogP contribution is 2.33. The fourth-order valence-corrected chi connectivity index (χ4v) is 2.77. The van der Waals surface area contributed by atoms with Gasteiger partial charge in [-0.15, -0.1) is 0 Å². The van der Waals surface area contributed by atoms with Gasteiger partial charge in [0.15, 0.2) is 0 Å². The minimum absolute atomic E-state index is 0.0864. The first kappa shape index (κ1) is 17.9. The second-order valence-corrected chi connectivity index (χ2v) is 5.74. The van der Waals surface area contributed by atoms with Gasteiger partial charge < -0.3 is 16.2 Å². The van der Waals surface area contributed by atoms with Crippen molar-refractivity contribution in [3.8, 4) is 23.1 Å². The molecule has 0 fully saturated rings. The number of pyridine rings is 1. The van der Waals surface area contributed by atoms with Gasteiger partial charge >= 0.3 is 0 Å². The second kappa shape index (κ2) is 7.14. The predicted octanol–water partition coefficient (Wildman–Crippen LogP) is 3.18. The van der Waals surface area contributed by atoms with Crippen LogP contribution in [0.15, 0.2) is 54.1 Å². The van der Waals surface area contributed by atoms with Gasteiger partial charge in [-0.1, -0.05) is 30.3 Å². The first-order chi connectivity index (χ1) is 13.0. The molecular formula is C20H16FN5O. The van der Waals surface area contributed by atoms with E-state index >= 15 is 0 Å². The number of hydrogen-bond donors (Lipinski definition) is 3. The number of nitrogens with one attached hydrogen (secondary N) is 1. The lowest BCUT2D eigenvalue weighted by Crippen LogP contribution is -2.16. The number of benzene rings is 2. The molecule has 0 saturated carbocycles. The van der Waals surface area contributed by atoms with Crippen LogP contribution in [-0.4, -0.2) is 17.9 Å². The number of nitriles is 1. The number of amidine groups is 1. The first-order valence-electron chi connectivity index (χ1n) is 7.94. The minimum atomic E-state index is -0.602. The normalized spacial score (nSPS) is 11.6. The molecule has 0 aliphatic rings. The SMILES string of the molecule is COc1cc(-c2ccccc2)nc2cc(/C(N)=C(\C#N)C(=N)N)cc(F)c12. The monoisotopic (exact) mass is 361 g/mol. The van der Waals surface area contributed by atoms with Gasteiger partial charge in [-0.3, -0.25) is 5.41 Å². The van der Waals surface area contributed by atoms with Crippen molar-refractivity contribution in [2.45, 2.75) is 0 Å². The van der Waals surface area contributed by atoms with Crippen LogP contribution in [0.5, 0.6) is 5.75 Å². The van der Waals surface area contributed by atoms with Crippen LogP contribution in [0.3, 0.4) is 0 Å².